The minimum atomic E-state index is -5.12. The molecular formula is C15H20NO10S2-. The quantitative estimate of drug-likeness (QED) is 0.129. The van der Waals surface area contributed by atoms with Crippen LogP contribution in [0.4, 0.5) is 0 Å². The molecule has 0 spiro atoms. The molecule has 4 N–H and O–H groups in total. The van der Waals surface area contributed by atoms with Gasteiger partial charge in [0.05, 0.1) is 13.7 Å². The van der Waals surface area contributed by atoms with Gasteiger partial charge in [-0.15, -0.1) is 0 Å². The van der Waals surface area contributed by atoms with E-state index in [9.17, 15) is 33.4 Å². The van der Waals surface area contributed by atoms with Crippen LogP contribution < -0.4 is 4.74 Å². The molecule has 28 heavy (non-hydrogen) atoms. The number of aliphatic hydroxyl groups excluding tert-OH is 4. The number of hydrogen-bond acceptors (Lipinski definition) is 12. The summed E-state index contributed by atoms with van der Waals surface area (Å²) < 4.78 is 46.6. The number of aliphatic hydroxyl groups is 4. The van der Waals surface area contributed by atoms with E-state index in [-0.39, 0.29) is 11.5 Å². The number of thioether (sulfide) groups is 1. The monoisotopic (exact) mass is 438 g/mol. The SMILES string of the molecule is COc1cccc(CC(=NOS(=O)(=O)[O-])S[C@@H]2O[C@H](CO)[C@@H](O)[C@H](O)[C@H]2O)c1. The average molecular weight is 438 g/mol. The van der Waals surface area contributed by atoms with Gasteiger partial charge in [0, 0.05) is 6.42 Å². The van der Waals surface area contributed by atoms with E-state index in [0.29, 0.717) is 23.1 Å². The van der Waals surface area contributed by atoms with Gasteiger partial charge in [0.15, 0.2) is 0 Å². The molecule has 158 valence electrons. The van der Waals surface area contributed by atoms with Gasteiger partial charge < -0.3 is 34.5 Å². The maximum Gasteiger partial charge on any atom is 0.284 e. The lowest BCUT2D eigenvalue weighted by Crippen LogP contribution is -2.57. The van der Waals surface area contributed by atoms with Crippen LogP contribution in [0.3, 0.4) is 0 Å². The first-order valence-electron chi connectivity index (χ1n) is 7.96. The largest absolute Gasteiger partial charge is 0.714 e. The summed E-state index contributed by atoms with van der Waals surface area (Å²) in [6.07, 6.45) is -5.92. The van der Waals surface area contributed by atoms with E-state index in [0.717, 1.165) is 0 Å². The molecular weight excluding hydrogens is 418 g/mol. The highest BCUT2D eigenvalue weighted by Crippen LogP contribution is 2.30. The summed E-state index contributed by atoms with van der Waals surface area (Å²) in [5.41, 5.74) is -0.611. The normalized spacial score (nSPS) is 28.8. The molecule has 2 rings (SSSR count). The molecule has 1 aromatic rings. The van der Waals surface area contributed by atoms with Crippen molar-refractivity contribution in [3.8, 4) is 5.75 Å². The van der Waals surface area contributed by atoms with E-state index < -0.39 is 46.9 Å². The summed E-state index contributed by atoms with van der Waals surface area (Å²) in [5.74, 6) is 0.520. The Balaban J connectivity index is 2.23. The van der Waals surface area contributed by atoms with Crippen molar-refractivity contribution >= 4 is 27.2 Å². The van der Waals surface area contributed by atoms with E-state index >= 15 is 0 Å². The van der Waals surface area contributed by atoms with Gasteiger partial charge in [-0.25, -0.2) is 0 Å². The maximum atomic E-state index is 10.7. The van der Waals surface area contributed by atoms with Crippen LogP contribution in [-0.4, -0.2) is 82.0 Å². The summed E-state index contributed by atoms with van der Waals surface area (Å²) in [6.45, 7) is -0.629. The molecule has 0 radical (unpaired) electrons. The predicted molar refractivity (Wildman–Crippen MR) is 96.3 cm³/mol. The van der Waals surface area contributed by atoms with Crippen molar-refractivity contribution in [3.05, 3.63) is 29.8 Å². The lowest BCUT2D eigenvalue weighted by atomic mass is 10.0. The Labute approximate surface area is 165 Å². The van der Waals surface area contributed by atoms with Crippen molar-refractivity contribution in [2.45, 2.75) is 36.3 Å². The van der Waals surface area contributed by atoms with Crippen LogP contribution in [-0.2, 0) is 25.8 Å². The molecule has 1 aliphatic heterocycles. The van der Waals surface area contributed by atoms with Crippen LogP contribution in [0.25, 0.3) is 0 Å². The third-order valence-corrected chi connectivity index (χ3v) is 5.19. The van der Waals surface area contributed by atoms with Crippen molar-refractivity contribution in [1.29, 1.82) is 0 Å². The van der Waals surface area contributed by atoms with E-state index in [2.05, 4.69) is 9.44 Å². The number of rotatable bonds is 7. The summed E-state index contributed by atoms with van der Waals surface area (Å²) >= 11 is 0.674. The second-order valence-corrected chi connectivity index (χ2v) is 7.95. The molecule has 13 heteroatoms. The zero-order valence-electron chi connectivity index (χ0n) is 14.6. The number of hydrogen-bond donors (Lipinski definition) is 4. The van der Waals surface area contributed by atoms with Crippen LogP contribution in [0.5, 0.6) is 5.75 Å². The van der Waals surface area contributed by atoms with E-state index in [1.807, 2.05) is 0 Å². The fraction of sp³-hybridized carbons (Fsp3) is 0.533. The minimum absolute atomic E-state index is 0.0214. The Morgan fingerprint density at radius 1 is 1.29 bits per heavy atom. The number of methoxy groups -OCH3 is 1. The second-order valence-electron chi connectivity index (χ2n) is 5.81. The zero-order valence-corrected chi connectivity index (χ0v) is 16.2. The van der Waals surface area contributed by atoms with Crippen LogP contribution in [0, 0.1) is 0 Å². The third-order valence-electron chi connectivity index (χ3n) is 3.82. The Kier molecular flexibility index (Phi) is 8.03. The summed E-state index contributed by atoms with van der Waals surface area (Å²) in [7, 11) is -3.66. The molecule has 11 nitrogen and oxygen atoms in total. The van der Waals surface area contributed by atoms with E-state index in [1.54, 1.807) is 24.3 Å². The smallest absolute Gasteiger partial charge is 0.284 e. The number of ether oxygens (including phenoxy) is 2. The standard InChI is InChI=1S/C15H21NO10S2/c1-24-9-4-2-3-8(5-9)6-11(16-26-28(21,22)23)27-15-14(20)13(19)12(18)10(7-17)25-15/h2-5,10,12-15,17-20H,6-7H2,1H3,(H,21,22,23)/p-1/t10-,12-,13+,14-,15+/m1/s1. The average Bonchev–Trinajstić information content (AvgIpc) is 2.66. The third kappa shape index (κ3) is 6.28. The Bertz CT molecular complexity index is 785. The van der Waals surface area contributed by atoms with Crippen molar-refractivity contribution in [3.63, 3.8) is 0 Å². The maximum absolute atomic E-state index is 10.7. The zero-order chi connectivity index (χ0) is 20.9. The van der Waals surface area contributed by atoms with Gasteiger partial charge in [-0.2, -0.15) is 8.42 Å². The van der Waals surface area contributed by atoms with E-state index in [1.165, 1.54) is 7.11 Å². The van der Waals surface area contributed by atoms with Gasteiger partial charge in [-0.1, -0.05) is 29.1 Å². The first kappa shape index (κ1) is 22.8. The molecule has 0 aliphatic carbocycles. The molecule has 1 heterocycles. The van der Waals surface area contributed by atoms with E-state index in [4.69, 9.17) is 9.47 Å². The van der Waals surface area contributed by atoms with Crippen molar-refractivity contribution in [2.75, 3.05) is 13.7 Å². The predicted octanol–water partition coefficient (Wildman–Crippen LogP) is -1.44. The summed E-state index contributed by atoms with van der Waals surface area (Å²) in [6, 6.07) is 6.67. The number of oxime groups is 1. The van der Waals surface area contributed by atoms with Crippen molar-refractivity contribution in [2.24, 2.45) is 5.16 Å². The number of nitrogens with zero attached hydrogens (tertiary/aromatic N) is 1. The van der Waals surface area contributed by atoms with Crippen LogP contribution >= 0.6 is 11.8 Å². The molecule has 0 aromatic heterocycles. The fourth-order valence-corrected chi connectivity index (χ4v) is 3.76. The van der Waals surface area contributed by atoms with Crippen LogP contribution in [0.2, 0.25) is 0 Å². The topological polar surface area (TPSA) is 178 Å². The van der Waals surface area contributed by atoms with Gasteiger partial charge in [-0.05, 0) is 17.7 Å². The molecule has 1 saturated heterocycles. The first-order chi connectivity index (χ1) is 13.1. The Morgan fingerprint density at radius 3 is 2.61 bits per heavy atom. The number of benzene rings is 1. The van der Waals surface area contributed by atoms with Gasteiger partial charge in [0.2, 0.25) is 0 Å². The summed E-state index contributed by atoms with van der Waals surface area (Å²) in [4.78, 5) is 0. The van der Waals surface area contributed by atoms with Gasteiger partial charge in [0.25, 0.3) is 10.4 Å². The van der Waals surface area contributed by atoms with Crippen molar-refractivity contribution in [1.82, 2.24) is 0 Å². The molecule has 1 aromatic carbocycles. The highest BCUT2D eigenvalue weighted by molar-refractivity contribution is 8.14. The molecule has 1 aliphatic rings. The first-order valence-corrected chi connectivity index (χ1v) is 10.2. The lowest BCUT2D eigenvalue weighted by Gasteiger charge is -2.39. The lowest BCUT2D eigenvalue weighted by molar-refractivity contribution is -0.205. The van der Waals surface area contributed by atoms with Gasteiger partial charge in [-0.3, -0.25) is 4.28 Å². The molecule has 0 saturated carbocycles. The highest BCUT2D eigenvalue weighted by atomic mass is 32.3. The second kappa shape index (κ2) is 9.84. The molecule has 0 unspecified atom stereocenters. The Hall–Kier alpha value is -1.45. The fourth-order valence-electron chi connectivity index (χ4n) is 2.44. The van der Waals surface area contributed by atoms with Crippen LogP contribution in [0.1, 0.15) is 5.56 Å². The molecule has 0 amide bonds. The highest BCUT2D eigenvalue weighted by Gasteiger charge is 2.44. The van der Waals surface area contributed by atoms with Crippen LogP contribution in [0.15, 0.2) is 29.4 Å². The minimum Gasteiger partial charge on any atom is -0.714 e. The Morgan fingerprint density at radius 2 is 2.00 bits per heavy atom. The van der Waals surface area contributed by atoms with Gasteiger partial charge in [0.1, 0.15) is 40.6 Å². The molecule has 5 atom stereocenters. The summed E-state index contributed by atoms with van der Waals surface area (Å²) in [5, 5.41) is 42.3. The van der Waals surface area contributed by atoms with Crippen molar-refractivity contribution < 1.29 is 47.2 Å². The molecule has 0 bridgehead atoms. The van der Waals surface area contributed by atoms with Gasteiger partial charge >= 0.3 is 0 Å². The molecule has 1 fully saturated rings.